The Labute approximate surface area is 119 Å². The fourth-order valence-corrected chi connectivity index (χ4v) is 3.02. The van der Waals surface area contributed by atoms with Crippen molar-refractivity contribution in [3.8, 4) is 5.75 Å². The van der Waals surface area contributed by atoms with E-state index in [4.69, 9.17) is 4.74 Å². The number of hydrogen-bond acceptors (Lipinski definition) is 3. The molecular weight excluding hydrogens is 258 g/mol. The monoisotopic (exact) mass is 279 g/mol. The van der Waals surface area contributed by atoms with Crippen molar-refractivity contribution in [1.29, 1.82) is 0 Å². The molecule has 0 saturated carbocycles. The summed E-state index contributed by atoms with van der Waals surface area (Å²) in [6, 6.07) is 6.03. The van der Waals surface area contributed by atoms with Crippen LogP contribution in [0.15, 0.2) is 23.1 Å². The fourth-order valence-electron chi connectivity index (χ4n) is 2.21. The van der Waals surface area contributed by atoms with Crippen LogP contribution in [0, 0.1) is 0 Å². The van der Waals surface area contributed by atoms with Gasteiger partial charge in [0.1, 0.15) is 5.75 Å². The van der Waals surface area contributed by atoms with Crippen LogP contribution < -0.4 is 10.1 Å². The first-order valence-electron chi connectivity index (χ1n) is 6.92. The van der Waals surface area contributed by atoms with Gasteiger partial charge in [0.2, 0.25) is 0 Å². The van der Waals surface area contributed by atoms with Crippen LogP contribution >= 0.6 is 11.8 Å². The first-order chi connectivity index (χ1) is 9.15. The number of thioether (sulfide) groups is 1. The van der Waals surface area contributed by atoms with Gasteiger partial charge >= 0.3 is 0 Å². The highest BCUT2D eigenvalue weighted by molar-refractivity contribution is 7.99. The van der Waals surface area contributed by atoms with Gasteiger partial charge in [0.05, 0.1) is 5.69 Å². The van der Waals surface area contributed by atoms with Crippen molar-refractivity contribution < 1.29 is 9.53 Å². The summed E-state index contributed by atoms with van der Waals surface area (Å²) in [6.07, 6.45) is 2.50. The van der Waals surface area contributed by atoms with Crippen LogP contribution in [-0.4, -0.2) is 17.3 Å². The highest BCUT2D eigenvalue weighted by atomic mass is 32.2. The molecule has 0 aromatic heterocycles. The molecule has 4 heteroatoms. The molecule has 1 aliphatic heterocycles. The van der Waals surface area contributed by atoms with Crippen LogP contribution in [-0.2, 0) is 4.79 Å². The summed E-state index contributed by atoms with van der Waals surface area (Å²) in [7, 11) is 0. The number of amides is 1. The highest BCUT2D eigenvalue weighted by Gasteiger charge is 2.41. The van der Waals surface area contributed by atoms with Crippen LogP contribution in [0.3, 0.4) is 0 Å². The molecule has 2 rings (SSSR count). The molecule has 0 unspecified atom stereocenters. The Hall–Kier alpha value is -1.16. The number of ether oxygens (including phenoxy) is 1. The Kier molecular flexibility index (Phi) is 4.40. The molecule has 1 amide bonds. The van der Waals surface area contributed by atoms with Gasteiger partial charge in [0.15, 0.2) is 5.60 Å². The fraction of sp³-hybridized carbons (Fsp3) is 0.533. The van der Waals surface area contributed by atoms with E-state index < -0.39 is 5.60 Å². The van der Waals surface area contributed by atoms with Gasteiger partial charge in [-0.05, 0) is 43.2 Å². The number of hydrogen-bond donors (Lipinski definition) is 1. The first kappa shape index (κ1) is 14.3. The van der Waals surface area contributed by atoms with Crippen molar-refractivity contribution in [2.75, 3.05) is 11.1 Å². The minimum atomic E-state index is -0.703. The average Bonchev–Trinajstić information content (AvgIpc) is 2.44. The topological polar surface area (TPSA) is 38.3 Å². The van der Waals surface area contributed by atoms with Gasteiger partial charge < -0.3 is 10.1 Å². The molecule has 0 fully saturated rings. The predicted octanol–water partition coefficient (Wildman–Crippen LogP) is 4.08. The minimum Gasteiger partial charge on any atom is -0.475 e. The zero-order valence-corrected chi connectivity index (χ0v) is 12.6. The number of rotatable bonds is 5. The van der Waals surface area contributed by atoms with E-state index in [0.29, 0.717) is 12.8 Å². The number of carbonyl (C=O) groups is 1. The minimum absolute atomic E-state index is 0.0253. The molecule has 104 valence electrons. The van der Waals surface area contributed by atoms with Crippen LogP contribution in [0.4, 0.5) is 5.69 Å². The lowest BCUT2D eigenvalue weighted by molar-refractivity contribution is -0.133. The first-order valence-corrected chi connectivity index (χ1v) is 7.91. The predicted molar refractivity (Wildman–Crippen MR) is 80.0 cm³/mol. The smallest absolute Gasteiger partial charge is 0.268 e. The lowest BCUT2D eigenvalue weighted by Crippen LogP contribution is -2.49. The second kappa shape index (κ2) is 5.87. The van der Waals surface area contributed by atoms with Crippen molar-refractivity contribution in [2.24, 2.45) is 0 Å². The highest BCUT2D eigenvalue weighted by Crippen LogP contribution is 2.38. The second-order valence-electron chi connectivity index (χ2n) is 4.76. The SMILES string of the molecule is CCCSc1ccc2c(c1)NC(=O)C(CC)(CC)O2. The van der Waals surface area contributed by atoms with Gasteiger partial charge in [0, 0.05) is 4.90 Å². The Morgan fingerprint density at radius 2 is 2.00 bits per heavy atom. The van der Waals surface area contributed by atoms with Gasteiger partial charge in [0.25, 0.3) is 5.91 Å². The summed E-state index contributed by atoms with van der Waals surface area (Å²) < 4.78 is 5.97. The van der Waals surface area contributed by atoms with E-state index >= 15 is 0 Å². The molecule has 0 saturated heterocycles. The molecule has 19 heavy (non-hydrogen) atoms. The van der Waals surface area contributed by atoms with Crippen LogP contribution in [0.25, 0.3) is 0 Å². The molecule has 3 nitrogen and oxygen atoms in total. The van der Waals surface area contributed by atoms with Gasteiger partial charge in [-0.2, -0.15) is 0 Å². The maximum absolute atomic E-state index is 12.2. The normalized spacial score (nSPS) is 16.5. The maximum Gasteiger partial charge on any atom is 0.268 e. The third kappa shape index (κ3) is 2.73. The number of nitrogens with one attached hydrogen (secondary N) is 1. The lowest BCUT2D eigenvalue weighted by atomic mass is 9.94. The molecule has 0 spiro atoms. The number of benzene rings is 1. The van der Waals surface area contributed by atoms with E-state index in [1.54, 1.807) is 11.8 Å². The van der Waals surface area contributed by atoms with Crippen LogP contribution in [0.2, 0.25) is 0 Å². The van der Waals surface area contributed by atoms with E-state index in [1.807, 2.05) is 26.0 Å². The number of anilines is 1. The summed E-state index contributed by atoms with van der Waals surface area (Å²) in [5.41, 5.74) is 0.0917. The molecule has 0 aliphatic carbocycles. The van der Waals surface area contributed by atoms with Gasteiger partial charge in [-0.3, -0.25) is 4.79 Å². The van der Waals surface area contributed by atoms with Gasteiger partial charge in [-0.25, -0.2) is 0 Å². The van der Waals surface area contributed by atoms with E-state index in [-0.39, 0.29) is 5.91 Å². The second-order valence-corrected chi connectivity index (χ2v) is 5.93. The molecule has 0 radical (unpaired) electrons. The van der Waals surface area contributed by atoms with Crippen molar-refractivity contribution in [1.82, 2.24) is 0 Å². The standard InChI is InChI=1S/C15H21NO2S/c1-4-9-19-11-7-8-13-12(10-11)16-14(17)15(5-2,6-3)18-13/h7-8,10H,4-6,9H2,1-3H3,(H,16,17). The summed E-state index contributed by atoms with van der Waals surface area (Å²) in [6.45, 7) is 6.13. The third-order valence-electron chi connectivity index (χ3n) is 3.53. The Balaban J connectivity index is 2.25. The number of carbonyl (C=O) groups excluding carboxylic acids is 1. The van der Waals surface area contributed by atoms with Crippen molar-refractivity contribution in [3.05, 3.63) is 18.2 Å². The zero-order valence-electron chi connectivity index (χ0n) is 11.8. The van der Waals surface area contributed by atoms with E-state index in [1.165, 1.54) is 4.90 Å². The summed E-state index contributed by atoms with van der Waals surface area (Å²) >= 11 is 1.80. The average molecular weight is 279 g/mol. The quantitative estimate of drug-likeness (QED) is 0.825. The maximum atomic E-state index is 12.2. The van der Waals surface area contributed by atoms with Crippen molar-refractivity contribution >= 4 is 23.4 Å². The molecule has 0 atom stereocenters. The van der Waals surface area contributed by atoms with Crippen molar-refractivity contribution in [3.63, 3.8) is 0 Å². The molecule has 1 aromatic rings. The lowest BCUT2D eigenvalue weighted by Gasteiger charge is -2.36. The molecule has 1 N–H and O–H groups in total. The molecule has 1 aliphatic rings. The molecule has 0 bridgehead atoms. The molecule has 1 aromatic carbocycles. The van der Waals surface area contributed by atoms with Crippen LogP contribution in [0.1, 0.15) is 40.0 Å². The largest absolute Gasteiger partial charge is 0.475 e. The Morgan fingerprint density at radius 1 is 1.26 bits per heavy atom. The van der Waals surface area contributed by atoms with Gasteiger partial charge in [-0.15, -0.1) is 11.8 Å². The number of fused-ring (bicyclic) bond motifs is 1. The Bertz CT molecular complexity index is 469. The summed E-state index contributed by atoms with van der Waals surface area (Å²) in [5.74, 6) is 1.84. The van der Waals surface area contributed by atoms with Crippen molar-refractivity contribution in [2.45, 2.75) is 50.5 Å². The zero-order chi connectivity index (χ0) is 13.9. The summed E-state index contributed by atoms with van der Waals surface area (Å²) in [5, 5.41) is 2.99. The van der Waals surface area contributed by atoms with E-state index in [0.717, 1.165) is 23.6 Å². The molecule has 1 heterocycles. The molecular formula is C15H21NO2S. The van der Waals surface area contributed by atoms with Crippen LogP contribution in [0.5, 0.6) is 5.75 Å². The van der Waals surface area contributed by atoms with E-state index in [9.17, 15) is 4.79 Å². The van der Waals surface area contributed by atoms with E-state index in [2.05, 4.69) is 18.3 Å². The third-order valence-corrected chi connectivity index (χ3v) is 4.73. The van der Waals surface area contributed by atoms with Gasteiger partial charge in [-0.1, -0.05) is 20.8 Å². The summed E-state index contributed by atoms with van der Waals surface area (Å²) in [4.78, 5) is 13.4. The Morgan fingerprint density at radius 3 is 2.63 bits per heavy atom.